The van der Waals surface area contributed by atoms with E-state index < -0.39 is 17.4 Å². The SMILES string of the molecule is CCCc1cc2c(C(F)(F)F)cc(=O)oc2c(CCC)c1OCCCCN1C(=O)CN(CCC)C1=O. The molecule has 0 atom stereocenters. The van der Waals surface area contributed by atoms with Crippen LogP contribution in [0.25, 0.3) is 11.0 Å². The first-order valence-electron chi connectivity index (χ1n) is 12.5. The van der Waals surface area contributed by atoms with E-state index in [0.29, 0.717) is 68.0 Å². The van der Waals surface area contributed by atoms with Crippen molar-refractivity contribution in [1.82, 2.24) is 9.80 Å². The lowest BCUT2D eigenvalue weighted by molar-refractivity contribution is -0.136. The number of urea groups is 1. The van der Waals surface area contributed by atoms with Gasteiger partial charge in [0.05, 0.1) is 12.2 Å². The van der Waals surface area contributed by atoms with Crippen LogP contribution in [-0.4, -0.2) is 48.0 Å². The zero-order chi connectivity index (χ0) is 26.5. The molecule has 3 amide bonds. The van der Waals surface area contributed by atoms with Gasteiger partial charge < -0.3 is 14.1 Å². The Balaban J connectivity index is 1.82. The number of aryl methyl sites for hydroxylation is 2. The Kier molecular flexibility index (Phi) is 9.03. The van der Waals surface area contributed by atoms with E-state index in [0.717, 1.165) is 6.42 Å². The Morgan fingerprint density at radius 3 is 2.33 bits per heavy atom. The Morgan fingerprint density at radius 2 is 1.69 bits per heavy atom. The van der Waals surface area contributed by atoms with Crippen molar-refractivity contribution in [3.8, 4) is 5.75 Å². The van der Waals surface area contributed by atoms with Crippen molar-refractivity contribution in [2.75, 3.05) is 26.2 Å². The maximum absolute atomic E-state index is 13.7. The molecule has 1 saturated heterocycles. The number of carbonyl (C=O) groups is 2. The van der Waals surface area contributed by atoms with Gasteiger partial charge in [-0.05, 0) is 43.7 Å². The summed E-state index contributed by atoms with van der Waals surface area (Å²) in [6.07, 6.45) is -0.650. The van der Waals surface area contributed by atoms with Crippen LogP contribution in [0.2, 0.25) is 0 Å². The molecule has 10 heteroatoms. The van der Waals surface area contributed by atoms with Crippen LogP contribution in [0.1, 0.15) is 69.6 Å². The van der Waals surface area contributed by atoms with Gasteiger partial charge in [0.2, 0.25) is 5.91 Å². The molecule has 0 saturated carbocycles. The number of carbonyl (C=O) groups excluding carboxylic acids is 2. The summed E-state index contributed by atoms with van der Waals surface area (Å²) >= 11 is 0. The molecule has 0 bridgehead atoms. The summed E-state index contributed by atoms with van der Waals surface area (Å²) in [5.41, 5.74) is -1.06. The number of rotatable bonds is 12. The summed E-state index contributed by atoms with van der Waals surface area (Å²) in [6, 6.07) is 1.64. The smallest absolute Gasteiger partial charge is 0.417 e. The molecule has 3 rings (SSSR count). The number of benzene rings is 1. The van der Waals surface area contributed by atoms with Gasteiger partial charge in [0.25, 0.3) is 0 Å². The molecule has 7 nitrogen and oxygen atoms in total. The van der Waals surface area contributed by atoms with Gasteiger partial charge in [0.15, 0.2) is 0 Å². The third kappa shape index (κ3) is 6.02. The predicted molar refractivity (Wildman–Crippen MR) is 129 cm³/mol. The number of nitrogens with zero attached hydrogens (tertiary/aromatic N) is 2. The lowest BCUT2D eigenvalue weighted by atomic mass is 9.96. The van der Waals surface area contributed by atoms with Crippen LogP contribution in [0.3, 0.4) is 0 Å². The fourth-order valence-corrected chi connectivity index (χ4v) is 4.56. The first-order valence-corrected chi connectivity index (χ1v) is 12.5. The second-order valence-corrected chi connectivity index (χ2v) is 9.00. The molecule has 0 spiro atoms. The van der Waals surface area contributed by atoms with Crippen molar-refractivity contribution < 1.29 is 31.9 Å². The van der Waals surface area contributed by atoms with Crippen LogP contribution in [-0.2, 0) is 23.8 Å². The summed E-state index contributed by atoms with van der Waals surface area (Å²) in [4.78, 5) is 39.3. The van der Waals surface area contributed by atoms with Gasteiger partial charge in [-0.1, -0.05) is 33.6 Å². The van der Waals surface area contributed by atoms with E-state index in [9.17, 15) is 27.6 Å². The van der Waals surface area contributed by atoms with E-state index in [1.807, 2.05) is 20.8 Å². The standard InChI is InChI=1S/C26H33F3N2O5/c1-4-9-17-14-19-20(26(27,28)29)15-22(33)36-24(19)18(10-5-2)23(17)35-13-8-7-12-31-21(32)16-30(11-6-3)25(31)34/h14-15H,4-13,16H2,1-3H3. The fourth-order valence-electron chi connectivity index (χ4n) is 4.56. The molecule has 0 aliphatic carbocycles. The molecule has 1 aromatic carbocycles. The van der Waals surface area contributed by atoms with Crippen LogP contribution in [0, 0.1) is 0 Å². The maximum Gasteiger partial charge on any atom is 0.417 e. The number of ether oxygens (including phenoxy) is 1. The summed E-state index contributed by atoms with van der Waals surface area (Å²) in [7, 11) is 0. The average molecular weight is 511 g/mol. The average Bonchev–Trinajstić information content (AvgIpc) is 3.07. The minimum absolute atomic E-state index is 0.0872. The van der Waals surface area contributed by atoms with Gasteiger partial charge >= 0.3 is 17.8 Å². The Labute approximate surface area is 208 Å². The predicted octanol–water partition coefficient (Wildman–Crippen LogP) is 5.55. The number of unbranched alkanes of at least 4 members (excludes halogenated alkanes) is 1. The highest BCUT2D eigenvalue weighted by atomic mass is 19.4. The highest BCUT2D eigenvalue weighted by molar-refractivity contribution is 6.01. The van der Waals surface area contributed by atoms with Crippen molar-refractivity contribution in [2.24, 2.45) is 0 Å². The zero-order valence-electron chi connectivity index (χ0n) is 21.0. The van der Waals surface area contributed by atoms with Crippen molar-refractivity contribution in [1.29, 1.82) is 0 Å². The van der Waals surface area contributed by atoms with Crippen molar-refractivity contribution >= 4 is 22.9 Å². The van der Waals surface area contributed by atoms with E-state index in [-0.39, 0.29) is 42.6 Å². The fraction of sp³-hybridized carbons (Fsp3) is 0.577. The minimum atomic E-state index is -4.69. The number of halogens is 3. The Hall–Kier alpha value is -3.04. The third-order valence-electron chi connectivity index (χ3n) is 6.13. The lowest BCUT2D eigenvalue weighted by Crippen LogP contribution is -2.34. The number of hydrogen-bond donors (Lipinski definition) is 0. The number of amides is 3. The Morgan fingerprint density at radius 1 is 0.972 bits per heavy atom. The molecule has 0 N–H and O–H groups in total. The van der Waals surface area contributed by atoms with Crippen LogP contribution >= 0.6 is 0 Å². The van der Waals surface area contributed by atoms with Crippen LogP contribution in [0.5, 0.6) is 5.75 Å². The summed E-state index contributed by atoms with van der Waals surface area (Å²) in [6.45, 7) is 6.93. The summed E-state index contributed by atoms with van der Waals surface area (Å²) in [5, 5.41) is -0.135. The van der Waals surface area contributed by atoms with Crippen molar-refractivity contribution in [2.45, 2.75) is 71.9 Å². The number of alkyl halides is 3. The molecule has 0 unspecified atom stereocenters. The van der Waals surface area contributed by atoms with Crippen LogP contribution in [0.4, 0.5) is 18.0 Å². The molecule has 1 aromatic heterocycles. The third-order valence-corrected chi connectivity index (χ3v) is 6.13. The van der Waals surface area contributed by atoms with E-state index in [1.165, 1.54) is 15.9 Å². The van der Waals surface area contributed by atoms with Gasteiger partial charge in [-0.15, -0.1) is 0 Å². The van der Waals surface area contributed by atoms with Crippen LogP contribution in [0.15, 0.2) is 21.3 Å². The van der Waals surface area contributed by atoms with Gasteiger partial charge in [0, 0.05) is 30.1 Å². The van der Waals surface area contributed by atoms with Crippen LogP contribution < -0.4 is 10.4 Å². The van der Waals surface area contributed by atoms with Gasteiger partial charge in [0.1, 0.15) is 17.9 Å². The van der Waals surface area contributed by atoms with Crippen molar-refractivity contribution in [3.05, 3.63) is 39.2 Å². The quantitative estimate of drug-likeness (QED) is 0.213. The highest BCUT2D eigenvalue weighted by Crippen LogP contribution is 2.40. The first kappa shape index (κ1) is 27.5. The molecule has 36 heavy (non-hydrogen) atoms. The molecular formula is C26H33F3N2O5. The molecule has 0 radical (unpaired) electrons. The van der Waals surface area contributed by atoms with E-state index in [1.54, 1.807) is 0 Å². The van der Waals surface area contributed by atoms with Crippen molar-refractivity contribution in [3.63, 3.8) is 0 Å². The zero-order valence-corrected chi connectivity index (χ0v) is 21.0. The van der Waals surface area contributed by atoms with E-state index >= 15 is 0 Å². The molecule has 1 aliphatic rings. The largest absolute Gasteiger partial charge is 0.493 e. The van der Waals surface area contributed by atoms with E-state index in [2.05, 4.69) is 0 Å². The molecule has 2 heterocycles. The molecule has 198 valence electrons. The number of fused-ring (bicyclic) bond motifs is 1. The first-order chi connectivity index (χ1) is 17.1. The lowest BCUT2D eigenvalue weighted by Gasteiger charge is -2.20. The second kappa shape index (κ2) is 11.8. The van der Waals surface area contributed by atoms with E-state index in [4.69, 9.17) is 9.15 Å². The molecular weight excluding hydrogens is 477 g/mol. The maximum atomic E-state index is 13.7. The second-order valence-electron chi connectivity index (χ2n) is 9.00. The summed E-state index contributed by atoms with van der Waals surface area (Å²) < 4.78 is 52.5. The Bertz CT molecular complexity index is 1160. The topological polar surface area (TPSA) is 80.1 Å². The minimum Gasteiger partial charge on any atom is -0.493 e. The van der Waals surface area contributed by atoms with Gasteiger partial charge in [-0.2, -0.15) is 13.2 Å². The summed E-state index contributed by atoms with van der Waals surface area (Å²) in [5.74, 6) is 0.242. The molecule has 1 fully saturated rings. The normalized spacial score (nSPS) is 14.4. The van der Waals surface area contributed by atoms with Gasteiger partial charge in [-0.3, -0.25) is 9.69 Å². The molecule has 1 aliphatic heterocycles. The number of hydrogen-bond acceptors (Lipinski definition) is 5. The molecule has 2 aromatic rings. The highest BCUT2D eigenvalue weighted by Gasteiger charge is 2.36. The van der Waals surface area contributed by atoms with Gasteiger partial charge in [-0.25, -0.2) is 9.59 Å². The monoisotopic (exact) mass is 510 g/mol. The number of imide groups is 1.